The Morgan fingerprint density at radius 3 is 2.72 bits per heavy atom. The average Bonchev–Trinajstić information content (AvgIpc) is 2.74. The number of nitrogen functional groups attached to an aromatic ring is 1. The number of aromatic nitrogens is 1. The molecule has 2 nitrogen and oxygen atoms in total. The van der Waals surface area contributed by atoms with E-state index in [1.165, 1.54) is 16.6 Å². The minimum Gasteiger partial charge on any atom is -0.398 e. The molecule has 0 saturated carbocycles. The number of hydrogen-bond donors (Lipinski definition) is 1. The summed E-state index contributed by atoms with van der Waals surface area (Å²) in [6, 6.07) is 16.7. The van der Waals surface area contributed by atoms with Crippen molar-refractivity contribution >= 4 is 16.6 Å². The van der Waals surface area contributed by atoms with Gasteiger partial charge < -0.3 is 10.3 Å². The van der Waals surface area contributed by atoms with Crippen LogP contribution >= 0.6 is 0 Å². The topological polar surface area (TPSA) is 30.9 Å². The highest BCUT2D eigenvalue weighted by Crippen LogP contribution is 2.22. The highest BCUT2D eigenvalue weighted by molar-refractivity contribution is 5.91. The molecule has 90 valence electrons. The molecule has 2 N–H and O–H groups in total. The summed E-state index contributed by atoms with van der Waals surface area (Å²) in [4.78, 5) is 0. The zero-order chi connectivity index (χ0) is 12.5. The predicted octanol–water partition coefficient (Wildman–Crippen LogP) is 3.58. The third-order valence-electron chi connectivity index (χ3n) is 3.28. The van der Waals surface area contributed by atoms with Gasteiger partial charge >= 0.3 is 0 Å². The minimum absolute atomic E-state index is 0.843. The van der Waals surface area contributed by atoms with Crippen LogP contribution in [0.5, 0.6) is 0 Å². The summed E-state index contributed by atoms with van der Waals surface area (Å²) in [6.45, 7) is 3.00. The molecule has 1 aromatic heterocycles. The van der Waals surface area contributed by atoms with E-state index in [1.54, 1.807) is 0 Å². The van der Waals surface area contributed by atoms with Gasteiger partial charge in [-0.15, -0.1) is 0 Å². The summed E-state index contributed by atoms with van der Waals surface area (Å²) in [5.74, 6) is 0. The number of nitrogens with zero attached hydrogens (tertiary/aromatic N) is 1. The fourth-order valence-electron chi connectivity index (χ4n) is 2.39. The number of hydrogen-bond acceptors (Lipinski definition) is 1. The molecule has 0 aliphatic rings. The Labute approximate surface area is 107 Å². The molecule has 1 heterocycles. The number of fused-ring (bicyclic) bond motifs is 1. The van der Waals surface area contributed by atoms with Crippen LogP contribution in [0.1, 0.15) is 11.1 Å². The third-order valence-corrected chi connectivity index (χ3v) is 3.28. The van der Waals surface area contributed by atoms with Gasteiger partial charge in [0, 0.05) is 23.8 Å². The van der Waals surface area contributed by atoms with Crippen molar-refractivity contribution in [3.05, 3.63) is 65.9 Å². The van der Waals surface area contributed by atoms with Gasteiger partial charge in [0.1, 0.15) is 0 Å². The lowest BCUT2D eigenvalue weighted by Gasteiger charge is -2.07. The summed E-state index contributed by atoms with van der Waals surface area (Å²) < 4.78 is 2.24. The first kappa shape index (κ1) is 10.9. The summed E-state index contributed by atoms with van der Waals surface area (Å²) in [5, 5.41) is 1.13. The molecule has 0 saturated heterocycles. The van der Waals surface area contributed by atoms with E-state index >= 15 is 0 Å². The van der Waals surface area contributed by atoms with E-state index < -0.39 is 0 Å². The molecule has 0 bridgehead atoms. The largest absolute Gasteiger partial charge is 0.398 e. The summed E-state index contributed by atoms with van der Waals surface area (Å²) in [6.07, 6.45) is 2.10. The number of benzene rings is 2. The van der Waals surface area contributed by atoms with Crippen molar-refractivity contribution in [1.29, 1.82) is 0 Å². The second-order valence-corrected chi connectivity index (χ2v) is 4.71. The molecule has 0 fully saturated rings. The highest BCUT2D eigenvalue weighted by atomic mass is 15.0. The van der Waals surface area contributed by atoms with Crippen LogP contribution in [0.2, 0.25) is 0 Å². The van der Waals surface area contributed by atoms with Crippen LogP contribution in [0.4, 0.5) is 5.69 Å². The van der Waals surface area contributed by atoms with Gasteiger partial charge in [0.05, 0.1) is 5.52 Å². The third kappa shape index (κ3) is 1.86. The molecule has 18 heavy (non-hydrogen) atoms. The van der Waals surface area contributed by atoms with Crippen LogP contribution in [0.25, 0.3) is 10.9 Å². The zero-order valence-corrected chi connectivity index (χ0v) is 10.4. The molecular formula is C16H16N2. The monoisotopic (exact) mass is 236 g/mol. The molecular weight excluding hydrogens is 220 g/mol. The van der Waals surface area contributed by atoms with Gasteiger partial charge in [0.15, 0.2) is 0 Å². The molecule has 2 heteroatoms. The minimum atomic E-state index is 0.843. The fourth-order valence-corrected chi connectivity index (χ4v) is 2.39. The fraction of sp³-hybridized carbons (Fsp3) is 0.125. The first-order valence-corrected chi connectivity index (χ1v) is 6.13. The van der Waals surface area contributed by atoms with Crippen LogP contribution < -0.4 is 5.73 Å². The molecule has 3 rings (SSSR count). The Hall–Kier alpha value is -2.22. The van der Waals surface area contributed by atoms with E-state index in [9.17, 15) is 0 Å². The number of anilines is 1. The molecule has 2 aromatic carbocycles. The lowest BCUT2D eigenvalue weighted by molar-refractivity contribution is 0.836. The van der Waals surface area contributed by atoms with E-state index in [0.29, 0.717) is 0 Å². The van der Waals surface area contributed by atoms with Crippen molar-refractivity contribution in [2.24, 2.45) is 0 Å². The average molecular weight is 236 g/mol. The SMILES string of the molecule is Cc1cccc(Cn2ccc3c(N)cccc32)c1. The van der Waals surface area contributed by atoms with Crippen LogP contribution in [-0.4, -0.2) is 4.57 Å². The van der Waals surface area contributed by atoms with Crippen molar-refractivity contribution in [3.63, 3.8) is 0 Å². The lowest BCUT2D eigenvalue weighted by atomic mass is 10.1. The van der Waals surface area contributed by atoms with Crippen molar-refractivity contribution in [1.82, 2.24) is 4.57 Å². The highest BCUT2D eigenvalue weighted by Gasteiger charge is 2.03. The second kappa shape index (κ2) is 4.22. The Morgan fingerprint density at radius 2 is 1.89 bits per heavy atom. The van der Waals surface area contributed by atoms with Crippen LogP contribution in [0.15, 0.2) is 54.7 Å². The van der Waals surface area contributed by atoms with Gasteiger partial charge in [-0.25, -0.2) is 0 Å². The number of nitrogens with two attached hydrogens (primary N) is 1. The maximum atomic E-state index is 5.97. The van der Waals surface area contributed by atoms with Crippen molar-refractivity contribution in [2.75, 3.05) is 5.73 Å². The Kier molecular flexibility index (Phi) is 2.56. The van der Waals surface area contributed by atoms with Crippen LogP contribution in [0, 0.1) is 6.92 Å². The second-order valence-electron chi connectivity index (χ2n) is 4.71. The maximum absolute atomic E-state index is 5.97. The molecule has 0 aliphatic carbocycles. The van der Waals surface area contributed by atoms with Crippen LogP contribution in [-0.2, 0) is 6.54 Å². The van der Waals surface area contributed by atoms with Gasteiger partial charge in [0.2, 0.25) is 0 Å². The molecule has 0 aliphatic heterocycles. The Morgan fingerprint density at radius 1 is 1.06 bits per heavy atom. The standard InChI is InChI=1S/C16H16N2/c1-12-4-2-5-13(10-12)11-18-9-8-14-15(17)6-3-7-16(14)18/h2-10H,11,17H2,1H3. The summed E-state index contributed by atoms with van der Waals surface area (Å²) in [7, 11) is 0. The van der Waals surface area contributed by atoms with Crippen molar-refractivity contribution in [2.45, 2.75) is 13.5 Å². The maximum Gasteiger partial charge on any atom is 0.0504 e. The normalized spacial score (nSPS) is 10.9. The molecule has 3 aromatic rings. The molecule has 0 spiro atoms. The van der Waals surface area contributed by atoms with E-state index in [2.05, 4.69) is 54.1 Å². The molecule has 0 radical (unpaired) electrons. The summed E-state index contributed by atoms with van der Waals surface area (Å²) in [5.41, 5.74) is 10.6. The first-order valence-electron chi connectivity index (χ1n) is 6.13. The van der Waals surface area contributed by atoms with E-state index in [-0.39, 0.29) is 0 Å². The van der Waals surface area contributed by atoms with E-state index in [0.717, 1.165) is 17.6 Å². The first-order chi connectivity index (χ1) is 8.74. The molecule has 0 atom stereocenters. The van der Waals surface area contributed by atoms with Gasteiger partial charge in [0.25, 0.3) is 0 Å². The van der Waals surface area contributed by atoms with Gasteiger partial charge in [-0.1, -0.05) is 35.9 Å². The number of aryl methyl sites for hydroxylation is 1. The Bertz CT molecular complexity index is 695. The molecule has 0 unspecified atom stereocenters. The van der Waals surface area contributed by atoms with Crippen LogP contribution in [0.3, 0.4) is 0 Å². The van der Waals surface area contributed by atoms with Crippen molar-refractivity contribution in [3.8, 4) is 0 Å². The predicted molar refractivity (Wildman–Crippen MR) is 76.6 cm³/mol. The zero-order valence-electron chi connectivity index (χ0n) is 10.4. The van der Waals surface area contributed by atoms with E-state index in [1.807, 2.05) is 12.1 Å². The Balaban J connectivity index is 2.03. The quantitative estimate of drug-likeness (QED) is 0.677. The molecule has 0 amide bonds. The smallest absolute Gasteiger partial charge is 0.0504 e. The van der Waals surface area contributed by atoms with Gasteiger partial charge in [-0.3, -0.25) is 0 Å². The van der Waals surface area contributed by atoms with Gasteiger partial charge in [-0.05, 0) is 30.7 Å². The summed E-state index contributed by atoms with van der Waals surface area (Å²) >= 11 is 0. The van der Waals surface area contributed by atoms with Gasteiger partial charge in [-0.2, -0.15) is 0 Å². The number of rotatable bonds is 2. The van der Waals surface area contributed by atoms with E-state index in [4.69, 9.17) is 5.73 Å². The lowest BCUT2D eigenvalue weighted by Crippen LogP contribution is -1.98. The van der Waals surface area contributed by atoms with Crippen molar-refractivity contribution < 1.29 is 0 Å².